The van der Waals surface area contributed by atoms with Crippen molar-refractivity contribution in [3.63, 3.8) is 0 Å². The van der Waals surface area contributed by atoms with Gasteiger partial charge in [0.05, 0.1) is 13.2 Å². The SMILES string of the molecule is CCN=C(NC1CC1c1ccccc1F)N1CCC(N2CCOCC2)C1.I. The highest BCUT2D eigenvalue weighted by atomic mass is 127. The van der Waals surface area contributed by atoms with Crippen LogP contribution in [-0.2, 0) is 4.74 Å². The molecule has 7 heteroatoms. The van der Waals surface area contributed by atoms with Crippen LogP contribution in [-0.4, -0.2) is 73.8 Å². The zero-order chi connectivity index (χ0) is 17.9. The Morgan fingerprint density at radius 2 is 2.04 bits per heavy atom. The van der Waals surface area contributed by atoms with Crippen LogP contribution in [0.2, 0.25) is 0 Å². The normalized spacial score (nSPS) is 28.7. The van der Waals surface area contributed by atoms with E-state index in [0.717, 1.165) is 63.9 Å². The van der Waals surface area contributed by atoms with E-state index in [0.29, 0.717) is 12.1 Å². The molecule has 3 aliphatic rings. The molecule has 1 aromatic rings. The van der Waals surface area contributed by atoms with E-state index in [4.69, 9.17) is 9.73 Å². The number of morpholine rings is 1. The number of rotatable bonds is 4. The van der Waals surface area contributed by atoms with Crippen LogP contribution in [0.15, 0.2) is 29.3 Å². The first-order valence-corrected chi connectivity index (χ1v) is 9.88. The van der Waals surface area contributed by atoms with Gasteiger partial charge >= 0.3 is 0 Å². The number of hydrogen-bond acceptors (Lipinski definition) is 3. The molecule has 2 aliphatic heterocycles. The van der Waals surface area contributed by atoms with Gasteiger partial charge in [-0.25, -0.2) is 4.39 Å². The molecule has 0 spiro atoms. The van der Waals surface area contributed by atoms with Crippen molar-refractivity contribution in [3.05, 3.63) is 35.6 Å². The van der Waals surface area contributed by atoms with E-state index in [9.17, 15) is 4.39 Å². The van der Waals surface area contributed by atoms with Crippen molar-refractivity contribution in [1.29, 1.82) is 0 Å². The minimum Gasteiger partial charge on any atom is -0.379 e. The summed E-state index contributed by atoms with van der Waals surface area (Å²) in [5.74, 6) is 1.16. The minimum absolute atomic E-state index is 0. The van der Waals surface area contributed by atoms with Gasteiger partial charge in [0, 0.05) is 50.7 Å². The van der Waals surface area contributed by atoms with E-state index in [1.807, 2.05) is 12.1 Å². The summed E-state index contributed by atoms with van der Waals surface area (Å²) in [6.45, 7) is 8.63. The van der Waals surface area contributed by atoms with Gasteiger partial charge < -0.3 is 15.0 Å². The summed E-state index contributed by atoms with van der Waals surface area (Å²) in [4.78, 5) is 9.63. The quantitative estimate of drug-likeness (QED) is 0.402. The molecule has 150 valence electrons. The van der Waals surface area contributed by atoms with Crippen LogP contribution in [0.3, 0.4) is 0 Å². The zero-order valence-electron chi connectivity index (χ0n) is 15.9. The zero-order valence-corrected chi connectivity index (χ0v) is 18.3. The molecule has 0 radical (unpaired) electrons. The third-order valence-corrected chi connectivity index (χ3v) is 5.74. The smallest absolute Gasteiger partial charge is 0.194 e. The number of benzene rings is 1. The van der Waals surface area contributed by atoms with Gasteiger partial charge in [0.1, 0.15) is 5.82 Å². The van der Waals surface area contributed by atoms with Crippen LogP contribution in [0.1, 0.15) is 31.2 Å². The molecule has 1 saturated carbocycles. The van der Waals surface area contributed by atoms with E-state index < -0.39 is 0 Å². The van der Waals surface area contributed by atoms with Crippen molar-refractivity contribution in [2.45, 2.75) is 37.8 Å². The molecular weight excluding hydrogens is 458 g/mol. The van der Waals surface area contributed by atoms with Crippen molar-refractivity contribution in [2.24, 2.45) is 4.99 Å². The summed E-state index contributed by atoms with van der Waals surface area (Å²) < 4.78 is 19.5. The summed E-state index contributed by atoms with van der Waals surface area (Å²) in [6, 6.07) is 8.01. The van der Waals surface area contributed by atoms with E-state index in [1.165, 1.54) is 6.42 Å². The fourth-order valence-electron chi connectivity index (χ4n) is 4.20. The lowest BCUT2D eigenvalue weighted by Gasteiger charge is -2.32. The van der Waals surface area contributed by atoms with Crippen LogP contribution in [0.5, 0.6) is 0 Å². The number of aliphatic imine (C=N–C) groups is 1. The van der Waals surface area contributed by atoms with Crippen LogP contribution in [0.25, 0.3) is 0 Å². The average Bonchev–Trinajstić information content (AvgIpc) is 3.25. The molecule has 0 amide bonds. The monoisotopic (exact) mass is 488 g/mol. The summed E-state index contributed by atoms with van der Waals surface area (Å²) in [6.07, 6.45) is 2.15. The Bertz CT molecular complexity index is 653. The van der Waals surface area contributed by atoms with Gasteiger partial charge in [-0.1, -0.05) is 18.2 Å². The van der Waals surface area contributed by atoms with Crippen LogP contribution in [0, 0.1) is 5.82 Å². The van der Waals surface area contributed by atoms with Gasteiger partial charge in [0.25, 0.3) is 0 Å². The van der Waals surface area contributed by atoms with Gasteiger partial charge in [0.15, 0.2) is 5.96 Å². The van der Waals surface area contributed by atoms with E-state index >= 15 is 0 Å². The molecule has 4 rings (SSSR count). The summed E-state index contributed by atoms with van der Waals surface area (Å²) in [5.41, 5.74) is 0.827. The number of hydrogen-bond donors (Lipinski definition) is 1. The van der Waals surface area contributed by atoms with Gasteiger partial charge in [-0.2, -0.15) is 0 Å². The summed E-state index contributed by atoms with van der Waals surface area (Å²) in [5, 5.41) is 3.60. The second-order valence-electron chi connectivity index (χ2n) is 7.45. The number of halogens is 2. The minimum atomic E-state index is -0.0932. The largest absolute Gasteiger partial charge is 0.379 e. The third kappa shape index (κ3) is 4.92. The standard InChI is InChI=1S/C20H29FN4O.HI/c1-2-22-20(23-19-13-17(19)16-5-3-4-6-18(16)21)25-8-7-15(14-25)24-9-11-26-12-10-24;/h3-6,15,17,19H,2,7-14H2,1H3,(H,22,23);1H. The molecule has 5 nitrogen and oxygen atoms in total. The van der Waals surface area contributed by atoms with E-state index in [1.54, 1.807) is 12.1 Å². The second kappa shape index (κ2) is 9.52. The highest BCUT2D eigenvalue weighted by molar-refractivity contribution is 14.0. The maximum absolute atomic E-state index is 14.0. The van der Waals surface area contributed by atoms with E-state index in [-0.39, 0.29) is 35.7 Å². The lowest BCUT2D eigenvalue weighted by molar-refractivity contribution is 0.0195. The maximum Gasteiger partial charge on any atom is 0.194 e. The van der Waals surface area contributed by atoms with Crippen LogP contribution < -0.4 is 5.32 Å². The third-order valence-electron chi connectivity index (χ3n) is 5.74. The molecule has 3 fully saturated rings. The number of nitrogens with one attached hydrogen (secondary N) is 1. The molecule has 27 heavy (non-hydrogen) atoms. The second-order valence-corrected chi connectivity index (χ2v) is 7.45. The van der Waals surface area contributed by atoms with Crippen LogP contribution in [0.4, 0.5) is 4.39 Å². The molecule has 1 N–H and O–H groups in total. The Labute approximate surface area is 178 Å². The summed E-state index contributed by atoms with van der Waals surface area (Å²) >= 11 is 0. The summed E-state index contributed by atoms with van der Waals surface area (Å²) in [7, 11) is 0. The number of likely N-dealkylation sites (tertiary alicyclic amines) is 1. The van der Waals surface area contributed by atoms with Crippen molar-refractivity contribution in [1.82, 2.24) is 15.1 Å². The highest BCUT2D eigenvalue weighted by Crippen LogP contribution is 2.42. The molecule has 1 aliphatic carbocycles. The van der Waals surface area contributed by atoms with Crippen LogP contribution >= 0.6 is 24.0 Å². The lowest BCUT2D eigenvalue weighted by Crippen LogP contribution is -2.47. The Morgan fingerprint density at radius 3 is 2.78 bits per heavy atom. The fraction of sp³-hybridized carbons (Fsp3) is 0.650. The van der Waals surface area contributed by atoms with Gasteiger partial charge in [-0.05, 0) is 31.4 Å². The lowest BCUT2D eigenvalue weighted by atomic mass is 10.1. The van der Waals surface area contributed by atoms with Crippen molar-refractivity contribution in [3.8, 4) is 0 Å². The number of ether oxygens (including phenoxy) is 1. The molecular formula is C20H30FIN4O. The van der Waals surface area contributed by atoms with Gasteiger partial charge in [-0.3, -0.25) is 9.89 Å². The Hall–Kier alpha value is -0.930. The van der Waals surface area contributed by atoms with Gasteiger partial charge in [0.2, 0.25) is 0 Å². The Morgan fingerprint density at radius 1 is 1.26 bits per heavy atom. The molecule has 2 heterocycles. The number of nitrogens with zero attached hydrogens (tertiary/aromatic N) is 3. The first-order valence-electron chi connectivity index (χ1n) is 9.88. The number of guanidine groups is 1. The fourth-order valence-corrected chi connectivity index (χ4v) is 4.20. The van der Waals surface area contributed by atoms with Crippen molar-refractivity contribution < 1.29 is 9.13 Å². The molecule has 2 saturated heterocycles. The first-order chi connectivity index (χ1) is 12.8. The van der Waals surface area contributed by atoms with E-state index in [2.05, 4.69) is 22.0 Å². The Balaban J connectivity index is 0.00000210. The molecule has 3 unspecified atom stereocenters. The predicted molar refractivity (Wildman–Crippen MR) is 116 cm³/mol. The average molecular weight is 488 g/mol. The molecule has 0 bridgehead atoms. The maximum atomic E-state index is 14.0. The molecule has 1 aromatic carbocycles. The van der Waals surface area contributed by atoms with Crippen molar-refractivity contribution in [2.75, 3.05) is 45.9 Å². The topological polar surface area (TPSA) is 40.1 Å². The highest BCUT2D eigenvalue weighted by Gasteiger charge is 2.41. The first kappa shape index (κ1) is 20.8. The predicted octanol–water partition coefficient (Wildman–Crippen LogP) is 2.67. The Kier molecular flexibility index (Phi) is 7.33. The van der Waals surface area contributed by atoms with Crippen molar-refractivity contribution >= 4 is 29.9 Å². The molecule has 0 aromatic heterocycles. The van der Waals surface area contributed by atoms with Gasteiger partial charge in [-0.15, -0.1) is 24.0 Å². The molecule has 3 atom stereocenters.